The number of carbonyl (C=O) groups excluding carboxylic acids is 2. The Kier molecular flexibility index (Phi) is 7.85. The summed E-state index contributed by atoms with van der Waals surface area (Å²) in [5, 5.41) is 17.2. The number of nitrogens with zero attached hydrogens (tertiary/aromatic N) is 4. The molecule has 0 spiro atoms. The Balaban J connectivity index is 4.18. The third-order valence-corrected chi connectivity index (χ3v) is 2.47. The lowest BCUT2D eigenvalue weighted by molar-refractivity contribution is -0.130. The molecule has 0 atom stereocenters. The lowest BCUT2D eigenvalue weighted by atomic mass is 10.2. The van der Waals surface area contributed by atoms with Gasteiger partial charge < -0.3 is 14.5 Å². The zero-order valence-electron chi connectivity index (χ0n) is 13.0. The zero-order chi connectivity index (χ0) is 16.5. The Hall–Kier alpha value is -2.28. The number of rotatable bonds is 6. The van der Waals surface area contributed by atoms with Crippen LogP contribution in [0.5, 0.6) is 0 Å². The number of amides is 2. The Morgan fingerprint density at radius 1 is 1.14 bits per heavy atom. The van der Waals surface area contributed by atoms with Gasteiger partial charge >= 0.3 is 6.09 Å². The van der Waals surface area contributed by atoms with Crippen LogP contribution in [-0.2, 0) is 9.53 Å². The highest BCUT2D eigenvalue weighted by Crippen LogP contribution is 2.09. The van der Waals surface area contributed by atoms with Gasteiger partial charge in [-0.3, -0.25) is 4.79 Å². The Morgan fingerprint density at radius 3 is 2.10 bits per heavy atom. The van der Waals surface area contributed by atoms with Crippen molar-refractivity contribution in [2.75, 3.05) is 26.7 Å². The first-order valence-electron chi connectivity index (χ1n) is 6.67. The van der Waals surface area contributed by atoms with Gasteiger partial charge in [-0.25, -0.2) is 4.79 Å². The maximum atomic E-state index is 11.8. The molecule has 0 aliphatic carbocycles. The molecule has 0 heterocycles. The van der Waals surface area contributed by atoms with Gasteiger partial charge in [0, 0.05) is 20.0 Å². The van der Waals surface area contributed by atoms with Crippen molar-refractivity contribution in [3.63, 3.8) is 0 Å². The smallest absolute Gasteiger partial charge is 0.410 e. The van der Waals surface area contributed by atoms with Gasteiger partial charge in [-0.05, 0) is 27.2 Å². The van der Waals surface area contributed by atoms with E-state index in [0.29, 0.717) is 13.0 Å². The maximum absolute atomic E-state index is 11.8. The molecule has 0 aromatic carbocycles. The maximum Gasteiger partial charge on any atom is 0.410 e. The highest BCUT2D eigenvalue weighted by molar-refractivity contribution is 5.76. The fraction of sp³-hybridized carbons (Fsp3) is 0.714. The summed E-state index contributed by atoms with van der Waals surface area (Å²) in [6.07, 6.45) is 0.180. The van der Waals surface area contributed by atoms with E-state index in [-0.39, 0.29) is 25.4 Å². The van der Waals surface area contributed by atoms with Crippen LogP contribution in [0.3, 0.4) is 0 Å². The molecule has 0 rings (SSSR count). The molecule has 0 fully saturated rings. The molecule has 0 radical (unpaired) electrons. The van der Waals surface area contributed by atoms with E-state index in [4.69, 9.17) is 15.3 Å². The number of ether oxygens (including phenoxy) is 1. The first-order valence-corrected chi connectivity index (χ1v) is 6.67. The van der Waals surface area contributed by atoms with Gasteiger partial charge in [-0.15, -0.1) is 0 Å². The number of hydrogen-bond acceptors (Lipinski definition) is 5. The zero-order valence-corrected chi connectivity index (χ0v) is 13.0. The van der Waals surface area contributed by atoms with Gasteiger partial charge in [-0.2, -0.15) is 10.5 Å². The van der Waals surface area contributed by atoms with Gasteiger partial charge in [0.15, 0.2) is 0 Å². The SMILES string of the molecule is CN(CCCC(=O)N(CC#N)CC#N)C(=O)OC(C)(C)C. The van der Waals surface area contributed by atoms with Crippen molar-refractivity contribution in [2.45, 2.75) is 39.2 Å². The van der Waals surface area contributed by atoms with Gasteiger partial charge in [0.05, 0.1) is 12.1 Å². The molecular formula is C14H22N4O3. The molecule has 0 saturated heterocycles. The summed E-state index contributed by atoms with van der Waals surface area (Å²) < 4.78 is 5.19. The van der Waals surface area contributed by atoms with Gasteiger partial charge in [-0.1, -0.05) is 0 Å². The highest BCUT2D eigenvalue weighted by atomic mass is 16.6. The molecule has 7 heteroatoms. The summed E-state index contributed by atoms with van der Waals surface area (Å²) >= 11 is 0. The molecule has 0 bridgehead atoms. The molecule has 116 valence electrons. The van der Waals surface area contributed by atoms with E-state index >= 15 is 0 Å². The third-order valence-electron chi connectivity index (χ3n) is 2.47. The molecule has 7 nitrogen and oxygen atoms in total. The van der Waals surface area contributed by atoms with E-state index in [9.17, 15) is 9.59 Å². The molecule has 2 amide bonds. The van der Waals surface area contributed by atoms with Crippen LogP contribution >= 0.6 is 0 Å². The molecule has 0 aromatic rings. The van der Waals surface area contributed by atoms with Crippen LogP contribution in [0.25, 0.3) is 0 Å². The van der Waals surface area contributed by atoms with E-state index in [1.165, 1.54) is 9.80 Å². The topological polar surface area (TPSA) is 97.4 Å². The van der Waals surface area contributed by atoms with E-state index in [2.05, 4.69) is 0 Å². The van der Waals surface area contributed by atoms with Crippen LogP contribution in [0.4, 0.5) is 4.79 Å². The predicted molar refractivity (Wildman–Crippen MR) is 75.9 cm³/mol. The molecule has 0 aliphatic rings. The molecule has 0 saturated carbocycles. The van der Waals surface area contributed by atoms with Crippen molar-refractivity contribution in [1.29, 1.82) is 10.5 Å². The number of hydrogen-bond donors (Lipinski definition) is 0. The minimum Gasteiger partial charge on any atom is -0.444 e. The van der Waals surface area contributed by atoms with Crippen molar-refractivity contribution in [2.24, 2.45) is 0 Å². The summed E-state index contributed by atoms with van der Waals surface area (Å²) in [7, 11) is 1.60. The second-order valence-corrected chi connectivity index (χ2v) is 5.57. The highest BCUT2D eigenvalue weighted by Gasteiger charge is 2.20. The van der Waals surface area contributed by atoms with Crippen LogP contribution in [0.1, 0.15) is 33.6 Å². The van der Waals surface area contributed by atoms with Crippen LogP contribution in [0.15, 0.2) is 0 Å². The lowest BCUT2D eigenvalue weighted by Crippen LogP contribution is -2.36. The minimum absolute atomic E-state index is 0.103. The molecule has 0 unspecified atom stereocenters. The predicted octanol–water partition coefficient (Wildman–Crippen LogP) is 1.51. The molecule has 0 aromatic heterocycles. The van der Waals surface area contributed by atoms with E-state index in [0.717, 1.165) is 0 Å². The van der Waals surface area contributed by atoms with Crippen molar-refractivity contribution in [1.82, 2.24) is 9.80 Å². The normalized spacial score (nSPS) is 10.2. The largest absolute Gasteiger partial charge is 0.444 e. The third kappa shape index (κ3) is 8.48. The van der Waals surface area contributed by atoms with Crippen LogP contribution in [0, 0.1) is 22.7 Å². The van der Waals surface area contributed by atoms with Crippen LogP contribution in [-0.4, -0.2) is 54.1 Å². The summed E-state index contributed by atoms with van der Waals surface area (Å²) in [6.45, 7) is 5.51. The van der Waals surface area contributed by atoms with E-state index in [1.807, 2.05) is 12.1 Å². The molecular weight excluding hydrogens is 272 g/mol. The second-order valence-electron chi connectivity index (χ2n) is 5.57. The first-order chi connectivity index (χ1) is 9.71. The number of nitriles is 2. The van der Waals surface area contributed by atoms with Gasteiger partial charge in [0.2, 0.25) is 5.91 Å². The Morgan fingerprint density at radius 2 is 1.67 bits per heavy atom. The molecule has 21 heavy (non-hydrogen) atoms. The summed E-state index contributed by atoms with van der Waals surface area (Å²) in [6, 6.07) is 3.69. The van der Waals surface area contributed by atoms with E-state index < -0.39 is 11.7 Å². The second kappa shape index (κ2) is 8.80. The Labute approximate surface area is 125 Å². The van der Waals surface area contributed by atoms with Crippen LogP contribution < -0.4 is 0 Å². The minimum atomic E-state index is -0.558. The van der Waals surface area contributed by atoms with Crippen molar-refractivity contribution in [3.8, 4) is 12.1 Å². The lowest BCUT2D eigenvalue weighted by Gasteiger charge is -2.24. The average Bonchev–Trinajstić information content (AvgIpc) is 2.36. The Bertz CT molecular complexity index is 427. The summed E-state index contributed by atoms with van der Waals surface area (Å²) in [5.41, 5.74) is -0.558. The standard InChI is InChI=1S/C14H22N4O3/c1-14(2,3)21-13(20)17(4)9-5-6-12(19)18(10-7-15)11-8-16/h5-6,9-11H2,1-4H3. The fourth-order valence-electron chi connectivity index (χ4n) is 1.46. The summed E-state index contributed by atoms with van der Waals surface area (Å²) in [5.74, 6) is -0.268. The van der Waals surface area contributed by atoms with Crippen LogP contribution in [0.2, 0.25) is 0 Å². The monoisotopic (exact) mass is 294 g/mol. The van der Waals surface area contributed by atoms with Crippen molar-refractivity contribution >= 4 is 12.0 Å². The quantitative estimate of drug-likeness (QED) is 0.691. The average molecular weight is 294 g/mol. The molecule has 0 N–H and O–H groups in total. The fourth-order valence-corrected chi connectivity index (χ4v) is 1.46. The van der Waals surface area contributed by atoms with E-state index in [1.54, 1.807) is 27.8 Å². The van der Waals surface area contributed by atoms with Gasteiger partial charge in [0.25, 0.3) is 0 Å². The summed E-state index contributed by atoms with van der Waals surface area (Å²) in [4.78, 5) is 26.1. The number of carbonyl (C=O) groups is 2. The first kappa shape index (κ1) is 18.7. The van der Waals surface area contributed by atoms with Crippen molar-refractivity contribution in [3.05, 3.63) is 0 Å². The van der Waals surface area contributed by atoms with Gasteiger partial charge in [0.1, 0.15) is 18.7 Å². The van der Waals surface area contributed by atoms with Crippen molar-refractivity contribution < 1.29 is 14.3 Å². The molecule has 0 aliphatic heterocycles.